The summed E-state index contributed by atoms with van der Waals surface area (Å²) in [6.45, 7) is 10.1. The van der Waals surface area contributed by atoms with Crippen LogP contribution in [-0.2, 0) is 17.6 Å². The van der Waals surface area contributed by atoms with Gasteiger partial charge in [0.2, 0.25) is 5.91 Å². The minimum absolute atomic E-state index is 0.0847. The summed E-state index contributed by atoms with van der Waals surface area (Å²) < 4.78 is 5.79. The van der Waals surface area contributed by atoms with E-state index in [2.05, 4.69) is 47.2 Å². The lowest BCUT2D eigenvalue weighted by atomic mass is 10.0. The molecule has 29 heavy (non-hydrogen) atoms. The second kappa shape index (κ2) is 11.0. The van der Waals surface area contributed by atoms with Crippen LogP contribution in [0.15, 0.2) is 48.5 Å². The fourth-order valence-corrected chi connectivity index (χ4v) is 3.77. The van der Waals surface area contributed by atoms with Crippen LogP contribution < -0.4 is 10.1 Å². The zero-order valence-electron chi connectivity index (χ0n) is 17.7. The molecule has 1 amide bonds. The maximum atomic E-state index is 12.6. The Morgan fingerprint density at radius 3 is 2.14 bits per heavy atom. The van der Waals surface area contributed by atoms with Crippen molar-refractivity contribution in [1.82, 2.24) is 9.80 Å². The lowest BCUT2D eigenvalue weighted by molar-refractivity contribution is -0.117. The average molecular weight is 396 g/mol. The molecule has 1 aliphatic heterocycles. The number of carbonyl (C=O) groups excluding carboxylic acids is 1. The molecule has 0 aromatic heterocycles. The zero-order valence-corrected chi connectivity index (χ0v) is 17.7. The minimum Gasteiger partial charge on any atom is -0.492 e. The molecule has 5 nitrogen and oxygen atoms in total. The minimum atomic E-state index is 0.0847. The third-order valence-electron chi connectivity index (χ3n) is 5.51. The molecule has 0 saturated carbocycles. The van der Waals surface area contributed by atoms with Crippen molar-refractivity contribution < 1.29 is 9.53 Å². The van der Waals surface area contributed by atoms with Crippen molar-refractivity contribution in [3.8, 4) is 5.75 Å². The first kappa shape index (κ1) is 21.3. The maximum absolute atomic E-state index is 12.6. The largest absolute Gasteiger partial charge is 0.492 e. The summed E-state index contributed by atoms with van der Waals surface area (Å²) in [6.07, 6.45) is 1.85. The topological polar surface area (TPSA) is 44.8 Å². The predicted octanol–water partition coefficient (Wildman–Crippen LogP) is 3.45. The first-order chi connectivity index (χ1) is 14.2. The summed E-state index contributed by atoms with van der Waals surface area (Å²) >= 11 is 0. The van der Waals surface area contributed by atoms with Gasteiger partial charge in [0.05, 0.1) is 6.54 Å². The Morgan fingerprint density at radius 2 is 1.52 bits per heavy atom. The number of nitrogens with one attached hydrogen (secondary N) is 1. The lowest BCUT2D eigenvalue weighted by Gasteiger charge is -2.34. The molecule has 1 saturated heterocycles. The van der Waals surface area contributed by atoms with Crippen LogP contribution in [0.4, 0.5) is 5.69 Å². The molecule has 1 fully saturated rings. The van der Waals surface area contributed by atoms with E-state index in [9.17, 15) is 4.79 Å². The zero-order chi connectivity index (χ0) is 20.5. The summed E-state index contributed by atoms with van der Waals surface area (Å²) in [5.41, 5.74) is 3.43. The number of piperazine rings is 1. The number of aryl methyl sites for hydroxylation is 2. The number of hydrogen-bond acceptors (Lipinski definition) is 4. The number of hydrogen-bond donors (Lipinski definition) is 1. The highest BCUT2D eigenvalue weighted by Gasteiger charge is 2.19. The molecular formula is C24H33N3O2. The molecule has 1 N–H and O–H groups in total. The Morgan fingerprint density at radius 1 is 0.897 bits per heavy atom. The number of rotatable bonds is 9. The number of benzene rings is 2. The fourth-order valence-electron chi connectivity index (χ4n) is 3.77. The Hall–Kier alpha value is -2.37. The van der Waals surface area contributed by atoms with Crippen molar-refractivity contribution in [3.05, 3.63) is 59.7 Å². The predicted molar refractivity (Wildman–Crippen MR) is 119 cm³/mol. The van der Waals surface area contributed by atoms with Gasteiger partial charge in [-0.3, -0.25) is 14.6 Å². The summed E-state index contributed by atoms with van der Waals surface area (Å²) in [5, 5.41) is 3.18. The number of ether oxygens (including phenoxy) is 1. The van der Waals surface area contributed by atoms with E-state index >= 15 is 0 Å². The van der Waals surface area contributed by atoms with Crippen LogP contribution in [0.1, 0.15) is 25.0 Å². The molecule has 2 aromatic rings. The van der Waals surface area contributed by atoms with E-state index in [4.69, 9.17) is 4.74 Å². The maximum Gasteiger partial charge on any atom is 0.238 e. The highest BCUT2D eigenvalue weighted by molar-refractivity contribution is 5.93. The third-order valence-corrected chi connectivity index (χ3v) is 5.51. The van der Waals surface area contributed by atoms with Crippen LogP contribution in [-0.4, -0.2) is 61.6 Å². The van der Waals surface area contributed by atoms with Crippen LogP contribution >= 0.6 is 0 Å². The summed E-state index contributed by atoms with van der Waals surface area (Å²) in [7, 11) is 0. The number of amides is 1. The van der Waals surface area contributed by atoms with E-state index in [1.807, 2.05) is 30.3 Å². The van der Waals surface area contributed by atoms with Crippen LogP contribution in [0.3, 0.4) is 0 Å². The first-order valence-electron chi connectivity index (χ1n) is 10.7. The van der Waals surface area contributed by atoms with Crippen LogP contribution in [0, 0.1) is 0 Å². The van der Waals surface area contributed by atoms with Crippen LogP contribution in [0.25, 0.3) is 0 Å². The molecule has 1 heterocycles. The Labute approximate surface area is 174 Å². The highest BCUT2D eigenvalue weighted by Crippen LogP contribution is 2.22. The van der Waals surface area contributed by atoms with Gasteiger partial charge < -0.3 is 10.1 Å². The number of anilines is 1. The molecule has 5 heteroatoms. The van der Waals surface area contributed by atoms with Gasteiger partial charge in [-0.2, -0.15) is 0 Å². The van der Waals surface area contributed by atoms with Gasteiger partial charge in [-0.25, -0.2) is 0 Å². The second-order valence-electron chi connectivity index (χ2n) is 7.49. The molecule has 2 aromatic carbocycles. The van der Waals surface area contributed by atoms with Crippen molar-refractivity contribution in [2.24, 2.45) is 0 Å². The first-order valence-corrected chi connectivity index (χ1v) is 10.7. The standard InChI is InChI=1S/C24H33N3O2/c1-3-20-9-8-10-21(4-2)24(20)25-23(28)19-27-15-13-26(14-16-27)17-18-29-22-11-6-5-7-12-22/h5-12H,3-4,13-19H2,1-2H3,(H,25,28). The van der Waals surface area contributed by atoms with Gasteiger partial charge in [-0.05, 0) is 36.1 Å². The average Bonchev–Trinajstić information content (AvgIpc) is 2.76. The van der Waals surface area contributed by atoms with Gasteiger partial charge in [0.15, 0.2) is 0 Å². The van der Waals surface area contributed by atoms with Crippen molar-refractivity contribution in [2.45, 2.75) is 26.7 Å². The van der Waals surface area contributed by atoms with Gasteiger partial charge >= 0.3 is 0 Å². The fraction of sp³-hybridized carbons (Fsp3) is 0.458. The molecule has 0 unspecified atom stereocenters. The Balaban J connectivity index is 1.41. The molecule has 1 aliphatic rings. The quantitative estimate of drug-likeness (QED) is 0.706. The van der Waals surface area contributed by atoms with Crippen LogP contribution in [0.5, 0.6) is 5.75 Å². The van der Waals surface area contributed by atoms with Crippen molar-refractivity contribution >= 4 is 11.6 Å². The van der Waals surface area contributed by atoms with Gasteiger partial charge in [0, 0.05) is 38.4 Å². The molecule has 0 atom stereocenters. The summed E-state index contributed by atoms with van der Waals surface area (Å²) in [6, 6.07) is 16.2. The van der Waals surface area contributed by atoms with E-state index in [0.717, 1.165) is 57.0 Å². The molecule has 0 spiro atoms. The molecule has 0 bridgehead atoms. The molecular weight excluding hydrogens is 362 g/mol. The Bertz CT molecular complexity index is 749. The van der Waals surface area contributed by atoms with Gasteiger partial charge in [-0.15, -0.1) is 0 Å². The molecule has 156 valence electrons. The van der Waals surface area contributed by atoms with Gasteiger partial charge in [0.25, 0.3) is 0 Å². The molecule has 0 radical (unpaired) electrons. The van der Waals surface area contributed by atoms with E-state index in [-0.39, 0.29) is 5.91 Å². The lowest BCUT2D eigenvalue weighted by Crippen LogP contribution is -2.49. The monoisotopic (exact) mass is 395 g/mol. The van der Waals surface area contributed by atoms with Crippen molar-refractivity contribution in [2.75, 3.05) is 51.2 Å². The van der Waals surface area contributed by atoms with Gasteiger partial charge in [-0.1, -0.05) is 50.2 Å². The van der Waals surface area contributed by atoms with Gasteiger partial charge in [0.1, 0.15) is 12.4 Å². The van der Waals surface area contributed by atoms with E-state index in [1.54, 1.807) is 0 Å². The number of carbonyl (C=O) groups is 1. The summed E-state index contributed by atoms with van der Waals surface area (Å²) in [5.74, 6) is 1.00. The van der Waals surface area contributed by atoms with E-state index in [1.165, 1.54) is 11.1 Å². The molecule has 0 aliphatic carbocycles. The SMILES string of the molecule is CCc1cccc(CC)c1NC(=O)CN1CCN(CCOc2ccccc2)CC1. The smallest absolute Gasteiger partial charge is 0.238 e. The van der Waals surface area contributed by atoms with Crippen molar-refractivity contribution in [3.63, 3.8) is 0 Å². The highest BCUT2D eigenvalue weighted by atomic mass is 16.5. The van der Waals surface area contributed by atoms with Crippen molar-refractivity contribution in [1.29, 1.82) is 0 Å². The van der Waals surface area contributed by atoms with E-state index < -0.39 is 0 Å². The Kier molecular flexibility index (Phi) is 8.08. The number of para-hydroxylation sites is 2. The molecule has 3 rings (SSSR count). The van der Waals surface area contributed by atoms with E-state index in [0.29, 0.717) is 13.2 Å². The normalized spacial score (nSPS) is 15.2. The second-order valence-corrected chi connectivity index (χ2v) is 7.49. The third kappa shape index (κ3) is 6.31. The summed E-state index contributed by atoms with van der Waals surface area (Å²) in [4.78, 5) is 17.3. The number of nitrogens with zero attached hydrogens (tertiary/aromatic N) is 2. The van der Waals surface area contributed by atoms with Crippen LogP contribution in [0.2, 0.25) is 0 Å².